The molecule has 2 N–H and O–H groups in total. The molecule has 0 saturated heterocycles. The highest BCUT2D eigenvalue weighted by atomic mass is 32.2. The van der Waals surface area contributed by atoms with Crippen LogP contribution in [0.25, 0.3) is 0 Å². The minimum Gasteiger partial charge on any atom is -0.505 e. The summed E-state index contributed by atoms with van der Waals surface area (Å²) in [6.45, 7) is 0. The molecule has 0 aliphatic heterocycles. The van der Waals surface area contributed by atoms with Crippen molar-refractivity contribution in [2.75, 3.05) is 0 Å². The van der Waals surface area contributed by atoms with Gasteiger partial charge in [0, 0.05) is 0 Å². The van der Waals surface area contributed by atoms with Crippen LogP contribution in [0.15, 0.2) is 23.1 Å². The molecule has 1 unspecified atom stereocenters. The van der Waals surface area contributed by atoms with Crippen molar-refractivity contribution in [2.45, 2.75) is 4.90 Å². The average Bonchev–Trinajstić information content (AvgIpc) is 1.94. The average molecular weight is 176 g/mol. The highest BCUT2D eigenvalue weighted by molar-refractivity contribution is 7.79. The monoisotopic (exact) mass is 176 g/mol. The van der Waals surface area contributed by atoms with Crippen molar-refractivity contribution in [2.24, 2.45) is 0 Å². The van der Waals surface area contributed by atoms with Crippen molar-refractivity contribution in [3.63, 3.8) is 0 Å². The third kappa shape index (κ3) is 1.75. The summed E-state index contributed by atoms with van der Waals surface area (Å²) in [6, 6.07) is 3.01. The normalized spacial score (nSPS) is 12.9. The molecule has 0 radical (unpaired) electrons. The van der Waals surface area contributed by atoms with Gasteiger partial charge in [0.15, 0.2) is 22.6 Å². The van der Waals surface area contributed by atoms with Gasteiger partial charge < -0.3 is 9.66 Å². The molecule has 1 atom stereocenters. The second-order valence-corrected chi connectivity index (χ2v) is 2.83. The number of halogens is 1. The van der Waals surface area contributed by atoms with Crippen LogP contribution in [0.5, 0.6) is 5.75 Å². The zero-order chi connectivity index (χ0) is 8.43. The van der Waals surface area contributed by atoms with Gasteiger partial charge in [0.2, 0.25) is 0 Å². The molecule has 0 spiro atoms. The number of benzene rings is 1. The van der Waals surface area contributed by atoms with E-state index in [-0.39, 0.29) is 4.90 Å². The lowest BCUT2D eigenvalue weighted by Crippen LogP contribution is -1.88. The first kappa shape index (κ1) is 8.16. The van der Waals surface area contributed by atoms with E-state index < -0.39 is 22.6 Å². The molecular weight excluding hydrogens is 171 g/mol. The van der Waals surface area contributed by atoms with Crippen LogP contribution in [0.4, 0.5) is 4.39 Å². The predicted molar refractivity (Wildman–Crippen MR) is 37.1 cm³/mol. The van der Waals surface area contributed by atoms with Gasteiger partial charge in [-0.05, 0) is 18.2 Å². The van der Waals surface area contributed by atoms with Gasteiger partial charge in [-0.25, -0.2) is 8.60 Å². The number of aromatic hydroxyl groups is 1. The van der Waals surface area contributed by atoms with Gasteiger partial charge in [-0.3, -0.25) is 0 Å². The van der Waals surface area contributed by atoms with Crippen molar-refractivity contribution in [3.8, 4) is 5.75 Å². The van der Waals surface area contributed by atoms with E-state index in [0.29, 0.717) is 0 Å². The molecule has 0 heterocycles. The zero-order valence-corrected chi connectivity index (χ0v) is 6.14. The maximum absolute atomic E-state index is 12.4. The standard InChI is InChI=1S/C6H5FO3S/c7-5-3-4(11(9)10)1-2-6(5)8/h1-3,8H,(H,9,10). The number of hydrogen-bond acceptors (Lipinski definition) is 2. The van der Waals surface area contributed by atoms with E-state index in [1.54, 1.807) is 0 Å². The van der Waals surface area contributed by atoms with E-state index in [4.69, 9.17) is 9.66 Å². The summed E-state index contributed by atoms with van der Waals surface area (Å²) in [5.74, 6) is -1.43. The Morgan fingerprint density at radius 2 is 2.09 bits per heavy atom. The fourth-order valence-electron chi connectivity index (χ4n) is 0.596. The molecule has 0 bridgehead atoms. The first-order valence-corrected chi connectivity index (χ1v) is 3.81. The Morgan fingerprint density at radius 3 is 2.55 bits per heavy atom. The molecule has 5 heteroatoms. The Hall–Kier alpha value is -0.940. The van der Waals surface area contributed by atoms with Crippen LogP contribution in [0.1, 0.15) is 0 Å². The molecule has 11 heavy (non-hydrogen) atoms. The molecule has 1 rings (SSSR count). The van der Waals surface area contributed by atoms with Crippen molar-refractivity contribution in [1.29, 1.82) is 0 Å². The summed E-state index contributed by atoms with van der Waals surface area (Å²) in [6.07, 6.45) is 0. The van der Waals surface area contributed by atoms with Crippen LogP contribution in [-0.4, -0.2) is 13.9 Å². The Labute approximate surface area is 64.8 Å². The van der Waals surface area contributed by atoms with E-state index in [9.17, 15) is 8.60 Å². The molecule has 0 saturated carbocycles. The lowest BCUT2D eigenvalue weighted by atomic mass is 10.3. The summed E-state index contributed by atoms with van der Waals surface area (Å²) < 4.78 is 31.2. The number of phenols is 1. The Kier molecular flexibility index (Phi) is 2.21. The van der Waals surface area contributed by atoms with Crippen LogP contribution in [0, 0.1) is 5.82 Å². The molecule has 0 aliphatic carbocycles. The van der Waals surface area contributed by atoms with Gasteiger partial charge in [-0.1, -0.05) is 0 Å². The summed E-state index contributed by atoms with van der Waals surface area (Å²) in [4.78, 5) is -0.0692. The fraction of sp³-hybridized carbons (Fsp3) is 0. The molecule has 0 aliphatic rings. The first-order chi connectivity index (χ1) is 5.11. The SMILES string of the molecule is O=S(O)c1ccc(O)c(F)c1. The third-order valence-electron chi connectivity index (χ3n) is 1.12. The second-order valence-electron chi connectivity index (χ2n) is 1.86. The highest BCUT2D eigenvalue weighted by Gasteiger charge is 2.04. The van der Waals surface area contributed by atoms with Crippen LogP contribution >= 0.6 is 0 Å². The third-order valence-corrected chi connectivity index (χ3v) is 1.78. The number of phenolic OH excluding ortho intramolecular Hbond substituents is 1. The lowest BCUT2D eigenvalue weighted by Gasteiger charge is -1.96. The summed E-state index contributed by atoms with van der Waals surface area (Å²) in [5, 5.41) is 8.67. The van der Waals surface area contributed by atoms with Crippen molar-refractivity contribution in [3.05, 3.63) is 24.0 Å². The van der Waals surface area contributed by atoms with Crippen LogP contribution in [-0.2, 0) is 11.1 Å². The lowest BCUT2D eigenvalue weighted by molar-refractivity contribution is 0.431. The Morgan fingerprint density at radius 1 is 1.45 bits per heavy atom. The summed E-state index contributed by atoms with van der Waals surface area (Å²) in [5.41, 5.74) is 0. The predicted octanol–water partition coefficient (Wildman–Crippen LogP) is 1.11. The minimum atomic E-state index is -2.20. The number of rotatable bonds is 1. The molecule has 1 aromatic carbocycles. The Bertz CT molecular complexity index is 300. The molecule has 3 nitrogen and oxygen atoms in total. The summed E-state index contributed by atoms with van der Waals surface area (Å²) >= 11 is -2.20. The van der Waals surface area contributed by atoms with Crippen molar-refractivity contribution in [1.82, 2.24) is 0 Å². The van der Waals surface area contributed by atoms with Crippen LogP contribution in [0.2, 0.25) is 0 Å². The molecule has 0 aromatic heterocycles. The first-order valence-electron chi connectivity index (χ1n) is 2.70. The van der Waals surface area contributed by atoms with E-state index >= 15 is 0 Å². The van der Waals surface area contributed by atoms with Crippen molar-refractivity contribution < 1.29 is 18.3 Å². The van der Waals surface area contributed by atoms with E-state index in [2.05, 4.69) is 0 Å². The Balaban J connectivity index is 3.15. The van der Waals surface area contributed by atoms with E-state index in [1.807, 2.05) is 0 Å². The van der Waals surface area contributed by atoms with Gasteiger partial charge in [0.1, 0.15) is 0 Å². The largest absolute Gasteiger partial charge is 0.505 e. The molecule has 1 aromatic rings. The molecule has 0 fully saturated rings. The zero-order valence-electron chi connectivity index (χ0n) is 5.32. The van der Waals surface area contributed by atoms with Gasteiger partial charge in [0.05, 0.1) is 4.90 Å². The van der Waals surface area contributed by atoms with Crippen LogP contribution < -0.4 is 0 Å². The van der Waals surface area contributed by atoms with Gasteiger partial charge >= 0.3 is 0 Å². The topological polar surface area (TPSA) is 57.5 Å². The van der Waals surface area contributed by atoms with Crippen molar-refractivity contribution >= 4 is 11.1 Å². The van der Waals surface area contributed by atoms with Gasteiger partial charge in [-0.15, -0.1) is 0 Å². The minimum absolute atomic E-state index is 0.0692. The maximum atomic E-state index is 12.4. The van der Waals surface area contributed by atoms with Gasteiger partial charge in [-0.2, -0.15) is 0 Å². The molecule has 60 valence electrons. The van der Waals surface area contributed by atoms with E-state index in [1.165, 1.54) is 6.07 Å². The molecular formula is C6H5FO3S. The van der Waals surface area contributed by atoms with Gasteiger partial charge in [0.25, 0.3) is 0 Å². The highest BCUT2D eigenvalue weighted by Crippen LogP contribution is 2.17. The summed E-state index contributed by atoms with van der Waals surface area (Å²) in [7, 11) is 0. The van der Waals surface area contributed by atoms with E-state index in [0.717, 1.165) is 12.1 Å². The van der Waals surface area contributed by atoms with Crippen LogP contribution in [0.3, 0.4) is 0 Å². The molecule has 0 amide bonds. The second kappa shape index (κ2) is 2.98. The smallest absolute Gasteiger partial charge is 0.186 e. The number of hydrogen-bond donors (Lipinski definition) is 2. The quantitative estimate of drug-likeness (QED) is 0.630. The maximum Gasteiger partial charge on any atom is 0.186 e. The fourth-order valence-corrected chi connectivity index (χ4v) is 0.985.